The van der Waals surface area contributed by atoms with Gasteiger partial charge in [0, 0.05) is 24.1 Å². The molecule has 2 aromatic rings. The minimum Gasteiger partial charge on any atom is -0.489 e. The molecule has 1 heterocycles. The van der Waals surface area contributed by atoms with Gasteiger partial charge < -0.3 is 14.8 Å². The van der Waals surface area contributed by atoms with Gasteiger partial charge in [-0.1, -0.05) is 17.7 Å². The van der Waals surface area contributed by atoms with Gasteiger partial charge >= 0.3 is 0 Å². The summed E-state index contributed by atoms with van der Waals surface area (Å²) in [6.07, 6.45) is 0.722. The molecule has 7 nitrogen and oxygen atoms in total. The number of non-ortho nitro benzene ring substituents is 1. The molecule has 1 amide bonds. The molecule has 130 valence electrons. The van der Waals surface area contributed by atoms with E-state index in [1.807, 2.05) is 0 Å². The van der Waals surface area contributed by atoms with Crippen LogP contribution in [0.5, 0.6) is 11.5 Å². The summed E-state index contributed by atoms with van der Waals surface area (Å²) in [5.41, 5.74) is 1.25. The predicted octanol–water partition coefficient (Wildman–Crippen LogP) is 3.97. The summed E-state index contributed by atoms with van der Waals surface area (Å²) in [5, 5.41) is 13.9. The van der Waals surface area contributed by atoms with Crippen LogP contribution in [0.2, 0.25) is 5.02 Å². The van der Waals surface area contributed by atoms with E-state index in [4.69, 9.17) is 21.1 Å². The van der Waals surface area contributed by atoms with Crippen LogP contribution in [0.3, 0.4) is 0 Å². The van der Waals surface area contributed by atoms with Gasteiger partial charge in [0.15, 0.2) is 11.5 Å². The van der Waals surface area contributed by atoms with Crippen LogP contribution in [0.15, 0.2) is 30.3 Å². The minimum absolute atomic E-state index is 0.0994. The van der Waals surface area contributed by atoms with Crippen LogP contribution < -0.4 is 14.8 Å². The first-order chi connectivity index (χ1) is 12.0. The number of nitrogens with zero attached hydrogens (tertiary/aromatic N) is 1. The number of nitro benzene ring substituents is 1. The fraction of sp³-hybridized carbons (Fsp3) is 0.235. The molecule has 0 bridgehead atoms. The Kier molecular flexibility index (Phi) is 4.76. The number of halogens is 1. The average molecular weight is 363 g/mol. The number of fused-ring (bicyclic) bond motifs is 1. The lowest BCUT2D eigenvalue weighted by molar-refractivity contribution is -0.384. The summed E-state index contributed by atoms with van der Waals surface area (Å²) in [7, 11) is 0. The topological polar surface area (TPSA) is 90.7 Å². The third-order valence-electron chi connectivity index (χ3n) is 3.74. The first-order valence-electron chi connectivity index (χ1n) is 7.61. The number of hydrogen-bond donors (Lipinski definition) is 1. The normalized spacial score (nSPS) is 13.0. The van der Waals surface area contributed by atoms with Crippen LogP contribution in [0.25, 0.3) is 0 Å². The smallest absolute Gasteiger partial charge is 0.271 e. The van der Waals surface area contributed by atoms with E-state index in [0.717, 1.165) is 6.42 Å². The number of carbonyl (C=O) groups excluding carboxylic acids is 1. The molecular weight excluding hydrogens is 348 g/mol. The van der Waals surface area contributed by atoms with E-state index in [2.05, 4.69) is 5.32 Å². The third kappa shape index (κ3) is 3.66. The predicted molar refractivity (Wildman–Crippen MR) is 92.8 cm³/mol. The van der Waals surface area contributed by atoms with Crippen molar-refractivity contribution in [2.75, 3.05) is 18.5 Å². The van der Waals surface area contributed by atoms with Crippen molar-refractivity contribution in [2.45, 2.75) is 13.3 Å². The molecule has 0 radical (unpaired) electrons. The van der Waals surface area contributed by atoms with Crippen LogP contribution in [-0.2, 0) is 0 Å². The lowest BCUT2D eigenvalue weighted by atomic mass is 10.1. The molecule has 1 aliphatic rings. The van der Waals surface area contributed by atoms with Gasteiger partial charge in [0.2, 0.25) is 0 Å². The fourth-order valence-electron chi connectivity index (χ4n) is 2.41. The Balaban J connectivity index is 1.89. The van der Waals surface area contributed by atoms with E-state index in [9.17, 15) is 14.9 Å². The second-order valence-corrected chi connectivity index (χ2v) is 5.95. The summed E-state index contributed by atoms with van der Waals surface area (Å²) in [6, 6.07) is 7.31. The highest BCUT2D eigenvalue weighted by molar-refractivity contribution is 6.32. The minimum atomic E-state index is -0.514. The quantitative estimate of drug-likeness (QED) is 0.659. The molecule has 3 rings (SSSR count). The van der Waals surface area contributed by atoms with Crippen LogP contribution in [0.4, 0.5) is 11.4 Å². The Hall–Kier alpha value is -2.80. The Morgan fingerprint density at radius 3 is 2.76 bits per heavy atom. The Morgan fingerprint density at radius 1 is 1.24 bits per heavy atom. The molecular formula is C17H15ClN2O5. The molecule has 0 aromatic heterocycles. The molecule has 0 aliphatic carbocycles. The number of carbonyl (C=O) groups is 1. The third-order valence-corrected chi connectivity index (χ3v) is 4.03. The van der Waals surface area contributed by atoms with Crippen LogP contribution in [-0.4, -0.2) is 24.0 Å². The number of nitrogens with one attached hydrogen (secondary N) is 1. The molecule has 1 aliphatic heterocycles. The number of anilines is 1. The van der Waals surface area contributed by atoms with Gasteiger partial charge in [0.05, 0.1) is 28.8 Å². The van der Waals surface area contributed by atoms with Gasteiger partial charge in [-0.25, -0.2) is 0 Å². The van der Waals surface area contributed by atoms with Gasteiger partial charge in [-0.3, -0.25) is 14.9 Å². The SMILES string of the molecule is Cc1ccc([N+](=O)[O-])cc1NC(=O)c1cc(Cl)c2c(c1)OCCCO2. The summed E-state index contributed by atoms with van der Waals surface area (Å²) in [4.78, 5) is 22.9. The van der Waals surface area contributed by atoms with E-state index in [1.165, 1.54) is 18.2 Å². The highest BCUT2D eigenvalue weighted by atomic mass is 35.5. The molecule has 25 heavy (non-hydrogen) atoms. The van der Waals surface area contributed by atoms with Crippen molar-refractivity contribution >= 4 is 28.9 Å². The maximum absolute atomic E-state index is 12.5. The summed E-state index contributed by atoms with van der Waals surface area (Å²) in [5.74, 6) is 0.384. The maximum atomic E-state index is 12.5. The highest BCUT2D eigenvalue weighted by Gasteiger charge is 2.19. The Morgan fingerprint density at radius 2 is 2.00 bits per heavy atom. The standard InChI is InChI=1S/C17H15ClN2O5/c1-10-3-4-12(20(22)23)9-14(10)19-17(21)11-7-13(18)16-15(8-11)24-5-2-6-25-16/h3-4,7-9H,2,5-6H2,1H3,(H,19,21). The van der Waals surface area contributed by atoms with Gasteiger partial charge in [-0.2, -0.15) is 0 Å². The van der Waals surface area contributed by atoms with Crippen molar-refractivity contribution in [1.82, 2.24) is 0 Å². The van der Waals surface area contributed by atoms with E-state index in [0.29, 0.717) is 36.0 Å². The van der Waals surface area contributed by atoms with Crippen molar-refractivity contribution in [3.63, 3.8) is 0 Å². The van der Waals surface area contributed by atoms with Crippen molar-refractivity contribution in [2.24, 2.45) is 0 Å². The maximum Gasteiger partial charge on any atom is 0.271 e. The molecule has 8 heteroatoms. The number of aryl methyl sites for hydroxylation is 1. The summed E-state index contributed by atoms with van der Waals surface area (Å²) in [6.45, 7) is 2.71. The zero-order valence-electron chi connectivity index (χ0n) is 13.4. The molecule has 0 saturated carbocycles. The molecule has 0 unspecified atom stereocenters. The molecule has 1 N–H and O–H groups in total. The molecule has 0 saturated heterocycles. The Bertz CT molecular complexity index is 853. The second-order valence-electron chi connectivity index (χ2n) is 5.55. The van der Waals surface area contributed by atoms with Gasteiger partial charge in [-0.05, 0) is 24.6 Å². The average Bonchev–Trinajstić information content (AvgIpc) is 2.82. The van der Waals surface area contributed by atoms with Crippen LogP contribution in [0, 0.1) is 17.0 Å². The molecule has 0 spiro atoms. The number of amides is 1. The highest BCUT2D eigenvalue weighted by Crippen LogP contribution is 2.38. The van der Waals surface area contributed by atoms with Crippen molar-refractivity contribution < 1.29 is 19.2 Å². The zero-order valence-corrected chi connectivity index (χ0v) is 14.1. The number of nitro groups is 1. The first-order valence-corrected chi connectivity index (χ1v) is 7.99. The van der Waals surface area contributed by atoms with Gasteiger partial charge in [0.1, 0.15) is 0 Å². The summed E-state index contributed by atoms with van der Waals surface area (Å²) >= 11 is 6.19. The zero-order chi connectivity index (χ0) is 18.0. The molecule has 0 atom stereocenters. The van der Waals surface area contributed by atoms with Crippen molar-refractivity contribution in [3.8, 4) is 11.5 Å². The summed E-state index contributed by atoms with van der Waals surface area (Å²) < 4.78 is 11.1. The Labute approximate surface area is 148 Å². The van der Waals surface area contributed by atoms with Crippen LogP contribution >= 0.6 is 11.6 Å². The lowest BCUT2D eigenvalue weighted by Gasteiger charge is -2.12. The van der Waals surface area contributed by atoms with E-state index in [-0.39, 0.29) is 16.3 Å². The number of hydrogen-bond acceptors (Lipinski definition) is 5. The number of benzene rings is 2. The van der Waals surface area contributed by atoms with E-state index >= 15 is 0 Å². The number of rotatable bonds is 3. The molecule has 2 aromatic carbocycles. The lowest BCUT2D eigenvalue weighted by Crippen LogP contribution is -2.13. The van der Waals surface area contributed by atoms with Crippen molar-refractivity contribution in [1.29, 1.82) is 0 Å². The molecule has 0 fully saturated rings. The first kappa shape index (κ1) is 17.0. The van der Waals surface area contributed by atoms with Gasteiger partial charge in [-0.15, -0.1) is 0 Å². The monoisotopic (exact) mass is 362 g/mol. The second kappa shape index (κ2) is 6.98. The fourth-order valence-corrected chi connectivity index (χ4v) is 2.68. The van der Waals surface area contributed by atoms with E-state index < -0.39 is 10.8 Å². The van der Waals surface area contributed by atoms with Gasteiger partial charge in [0.25, 0.3) is 11.6 Å². The van der Waals surface area contributed by atoms with Crippen LogP contribution in [0.1, 0.15) is 22.3 Å². The van der Waals surface area contributed by atoms with E-state index in [1.54, 1.807) is 19.1 Å². The number of ether oxygens (including phenoxy) is 2. The van der Waals surface area contributed by atoms with Crippen molar-refractivity contribution in [3.05, 3.63) is 56.6 Å². The largest absolute Gasteiger partial charge is 0.489 e.